The van der Waals surface area contributed by atoms with E-state index in [1.807, 2.05) is 26.8 Å². The van der Waals surface area contributed by atoms with Crippen molar-refractivity contribution in [3.8, 4) is 0 Å². The van der Waals surface area contributed by atoms with Gasteiger partial charge in [0.1, 0.15) is 4.21 Å². The van der Waals surface area contributed by atoms with Gasteiger partial charge in [-0.25, -0.2) is 8.42 Å². The van der Waals surface area contributed by atoms with Crippen LogP contribution in [0, 0.1) is 0 Å². The molecule has 6 heteroatoms. The van der Waals surface area contributed by atoms with E-state index in [9.17, 15) is 8.42 Å². The molecule has 1 aromatic heterocycles. The number of nitrogens with zero attached hydrogens (tertiary/aromatic N) is 1. The van der Waals surface area contributed by atoms with E-state index in [2.05, 4.69) is 0 Å². The fraction of sp³-hybridized carbons (Fsp3) is 0.667. The number of nitrogens with two attached hydrogens (primary N) is 1. The van der Waals surface area contributed by atoms with Crippen molar-refractivity contribution in [2.75, 3.05) is 13.6 Å². The minimum atomic E-state index is -3.40. The Morgan fingerprint density at radius 1 is 1.39 bits per heavy atom. The van der Waals surface area contributed by atoms with Gasteiger partial charge in [0.25, 0.3) is 10.0 Å². The van der Waals surface area contributed by atoms with Gasteiger partial charge in [0.15, 0.2) is 0 Å². The predicted octanol–water partition coefficient (Wildman–Crippen LogP) is 2.06. The van der Waals surface area contributed by atoms with Crippen LogP contribution in [0.25, 0.3) is 0 Å². The lowest BCUT2D eigenvalue weighted by Crippen LogP contribution is -2.44. The maximum Gasteiger partial charge on any atom is 0.252 e. The Labute approximate surface area is 114 Å². The molecule has 0 aliphatic carbocycles. The zero-order chi connectivity index (χ0) is 14.0. The summed E-state index contributed by atoms with van der Waals surface area (Å²) in [4.78, 5) is 1.01. The van der Waals surface area contributed by atoms with Gasteiger partial charge in [-0.15, -0.1) is 11.3 Å². The van der Waals surface area contributed by atoms with Crippen molar-refractivity contribution in [3.63, 3.8) is 0 Å². The van der Waals surface area contributed by atoms with Gasteiger partial charge in [-0.2, -0.15) is 4.31 Å². The van der Waals surface area contributed by atoms with E-state index in [-0.39, 0.29) is 5.54 Å². The van der Waals surface area contributed by atoms with Gasteiger partial charge in [0, 0.05) is 17.5 Å². The van der Waals surface area contributed by atoms with E-state index >= 15 is 0 Å². The smallest absolute Gasteiger partial charge is 0.252 e. The first-order valence-corrected chi connectivity index (χ1v) is 8.29. The van der Waals surface area contributed by atoms with Crippen LogP contribution in [-0.4, -0.2) is 31.9 Å². The maximum atomic E-state index is 12.5. The van der Waals surface area contributed by atoms with Gasteiger partial charge in [0.2, 0.25) is 0 Å². The van der Waals surface area contributed by atoms with Crippen LogP contribution in [0.5, 0.6) is 0 Å². The minimum absolute atomic E-state index is 0.378. The summed E-state index contributed by atoms with van der Waals surface area (Å²) in [5.74, 6) is 0. The number of rotatable bonds is 6. The topological polar surface area (TPSA) is 63.4 Å². The van der Waals surface area contributed by atoms with Crippen LogP contribution in [0.2, 0.25) is 0 Å². The third kappa shape index (κ3) is 3.12. The molecule has 0 radical (unpaired) electrons. The van der Waals surface area contributed by atoms with E-state index in [0.717, 1.165) is 17.7 Å². The molecule has 0 aromatic carbocycles. The normalized spacial score (nSPS) is 13.2. The number of hydrogen-bond acceptors (Lipinski definition) is 4. The highest BCUT2D eigenvalue weighted by Gasteiger charge is 2.33. The molecule has 1 heterocycles. The Morgan fingerprint density at radius 2 is 2.00 bits per heavy atom. The van der Waals surface area contributed by atoms with Gasteiger partial charge in [-0.1, -0.05) is 6.92 Å². The summed E-state index contributed by atoms with van der Waals surface area (Å²) in [6, 6.07) is 3.52. The minimum Gasteiger partial charge on any atom is -0.330 e. The standard InChI is InChI=1S/C12H22N2O2S2/c1-5-12(2,3)14(4)18(15,16)11-7-6-10(17-11)8-9-13/h6-7H,5,8-9,13H2,1-4H3. The summed E-state index contributed by atoms with van der Waals surface area (Å²) < 4.78 is 26.8. The molecule has 0 saturated carbocycles. The van der Waals surface area contributed by atoms with Gasteiger partial charge in [-0.3, -0.25) is 0 Å². The summed E-state index contributed by atoms with van der Waals surface area (Å²) in [5, 5.41) is 0. The maximum absolute atomic E-state index is 12.5. The highest BCUT2D eigenvalue weighted by molar-refractivity contribution is 7.91. The van der Waals surface area contributed by atoms with Crippen LogP contribution < -0.4 is 5.73 Å². The van der Waals surface area contributed by atoms with Crippen molar-refractivity contribution in [1.29, 1.82) is 0 Å². The highest BCUT2D eigenvalue weighted by atomic mass is 32.2. The van der Waals surface area contributed by atoms with Gasteiger partial charge in [0.05, 0.1) is 0 Å². The second-order valence-electron chi connectivity index (χ2n) is 4.90. The molecule has 4 nitrogen and oxygen atoms in total. The van der Waals surface area contributed by atoms with Crippen LogP contribution in [-0.2, 0) is 16.4 Å². The first-order chi connectivity index (χ1) is 8.25. The average molecular weight is 290 g/mol. The van der Waals surface area contributed by atoms with E-state index in [1.165, 1.54) is 15.6 Å². The molecule has 2 N–H and O–H groups in total. The Balaban J connectivity index is 3.05. The van der Waals surface area contributed by atoms with Gasteiger partial charge in [-0.05, 0) is 45.4 Å². The van der Waals surface area contributed by atoms with Crippen LogP contribution in [0.15, 0.2) is 16.3 Å². The van der Waals surface area contributed by atoms with Crippen LogP contribution in [0.3, 0.4) is 0 Å². The SMILES string of the molecule is CCC(C)(C)N(C)S(=O)(=O)c1ccc(CCN)s1. The summed E-state index contributed by atoms with van der Waals surface area (Å²) in [6.45, 7) is 6.38. The lowest BCUT2D eigenvalue weighted by atomic mass is 10.0. The lowest BCUT2D eigenvalue weighted by Gasteiger charge is -2.33. The Bertz CT molecular complexity index is 492. The number of sulfonamides is 1. The molecule has 0 saturated heterocycles. The van der Waals surface area contributed by atoms with E-state index < -0.39 is 10.0 Å². The third-order valence-electron chi connectivity index (χ3n) is 3.36. The first kappa shape index (κ1) is 15.6. The van der Waals surface area contributed by atoms with Crippen molar-refractivity contribution in [2.45, 2.75) is 43.4 Å². The average Bonchev–Trinajstić information content (AvgIpc) is 2.77. The lowest BCUT2D eigenvalue weighted by molar-refractivity contribution is 0.257. The van der Waals surface area contributed by atoms with E-state index in [1.54, 1.807) is 13.1 Å². The molecule has 0 aliphatic heterocycles. The fourth-order valence-electron chi connectivity index (χ4n) is 1.46. The molecular weight excluding hydrogens is 268 g/mol. The Morgan fingerprint density at radius 3 is 2.50 bits per heavy atom. The van der Waals surface area contributed by atoms with E-state index in [4.69, 9.17) is 5.73 Å². The molecule has 0 amide bonds. The summed E-state index contributed by atoms with van der Waals surface area (Å²) in [6.07, 6.45) is 1.49. The van der Waals surface area contributed by atoms with Crippen molar-refractivity contribution in [2.24, 2.45) is 5.73 Å². The molecular formula is C12H22N2O2S2. The molecule has 104 valence electrons. The molecule has 0 aliphatic rings. The molecule has 1 aromatic rings. The zero-order valence-corrected chi connectivity index (χ0v) is 13.1. The Kier molecular flexibility index (Phi) is 4.94. The monoisotopic (exact) mass is 290 g/mol. The van der Waals surface area contributed by atoms with Crippen molar-refractivity contribution >= 4 is 21.4 Å². The first-order valence-electron chi connectivity index (χ1n) is 6.03. The highest BCUT2D eigenvalue weighted by Crippen LogP contribution is 2.29. The number of thiophene rings is 1. The van der Waals surface area contributed by atoms with Gasteiger partial charge >= 0.3 is 0 Å². The fourth-order valence-corrected chi connectivity index (χ4v) is 4.57. The largest absolute Gasteiger partial charge is 0.330 e. The Hall–Kier alpha value is -0.430. The predicted molar refractivity (Wildman–Crippen MR) is 76.4 cm³/mol. The van der Waals surface area contributed by atoms with Crippen molar-refractivity contribution in [1.82, 2.24) is 4.31 Å². The van der Waals surface area contributed by atoms with Crippen molar-refractivity contribution < 1.29 is 8.42 Å². The van der Waals surface area contributed by atoms with Crippen LogP contribution in [0.1, 0.15) is 32.1 Å². The third-order valence-corrected chi connectivity index (χ3v) is 7.04. The molecule has 0 spiro atoms. The summed E-state index contributed by atoms with van der Waals surface area (Å²) >= 11 is 1.31. The second-order valence-corrected chi connectivity index (χ2v) is 8.26. The molecule has 18 heavy (non-hydrogen) atoms. The molecule has 0 fully saturated rings. The van der Waals surface area contributed by atoms with E-state index in [0.29, 0.717) is 10.8 Å². The second kappa shape index (κ2) is 5.69. The molecule has 0 unspecified atom stereocenters. The number of hydrogen-bond donors (Lipinski definition) is 1. The summed E-state index contributed by atoms with van der Waals surface area (Å²) in [5.41, 5.74) is 5.10. The van der Waals surface area contributed by atoms with Gasteiger partial charge < -0.3 is 5.73 Å². The molecule has 1 rings (SSSR count). The summed E-state index contributed by atoms with van der Waals surface area (Å²) in [7, 11) is -1.76. The quantitative estimate of drug-likeness (QED) is 0.872. The molecule has 0 atom stereocenters. The van der Waals surface area contributed by atoms with Crippen molar-refractivity contribution in [3.05, 3.63) is 17.0 Å². The molecule has 0 bridgehead atoms. The van der Waals surface area contributed by atoms with Crippen LogP contribution in [0.4, 0.5) is 0 Å². The zero-order valence-electron chi connectivity index (χ0n) is 11.4. The van der Waals surface area contributed by atoms with Crippen LogP contribution >= 0.6 is 11.3 Å².